The maximum absolute atomic E-state index is 13.0. The molecule has 4 heterocycles. The number of hydrogen-bond acceptors (Lipinski definition) is 6. The summed E-state index contributed by atoms with van der Waals surface area (Å²) in [5.41, 5.74) is 1.02. The van der Waals surface area contributed by atoms with Gasteiger partial charge in [-0.05, 0) is 48.7 Å². The van der Waals surface area contributed by atoms with E-state index >= 15 is 0 Å². The number of hydrogen-bond donors (Lipinski definition) is 0. The molecule has 1 aromatic heterocycles. The first-order chi connectivity index (χ1) is 15.2. The highest BCUT2D eigenvalue weighted by Crippen LogP contribution is 2.37. The van der Waals surface area contributed by atoms with Crippen molar-refractivity contribution in [3.63, 3.8) is 0 Å². The molecule has 3 aliphatic rings. The smallest absolute Gasteiger partial charge is 0.263 e. The van der Waals surface area contributed by atoms with Crippen LogP contribution in [0.3, 0.4) is 0 Å². The van der Waals surface area contributed by atoms with Crippen molar-refractivity contribution in [2.24, 2.45) is 5.92 Å². The number of ether oxygens (including phenoxy) is 3. The Hall–Kier alpha value is -2.58. The lowest BCUT2D eigenvalue weighted by atomic mass is 9.95. The van der Waals surface area contributed by atoms with Crippen LogP contribution in [0.2, 0.25) is 0 Å². The van der Waals surface area contributed by atoms with E-state index in [1.54, 1.807) is 0 Å². The van der Waals surface area contributed by atoms with Gasteiger partial charge in [-0.25, -0.2) is 0 Å². The van der Waals surface area contributed by atoms with E-state index in [1.165, 1.54) is 11.3 Å². The molecule has 0 unspecified atom stereocenters. The second kappa shape index (κ2) is 8.88. The van der Waals surface area contributed by atoms with E-state index in [9.17, 15) is 9.59 Å². The van der Waals surface area contributed by atoms with Crippen LogP contribution in [0, 0.1) is 5.92 Å². The van der Waals surface area contributed by atoms with Crippen molar-refractivity contribution in [1.82, 2.24) is 9.80 Å². The van der Waals surface area contributed by atoms with Crippen molar-refractivity contribution in [3.05, 3.63) is 35.2 Å². The number of fused-ring (bicyclic) bond motifs is 1. The number of nitrogens with zero attached hydrogens (tertiary/aromatic N) is 2. The summed E-state index contributed by atoms with van der Waals surface area (Å²) in [6, 6.07) is 9.76. The standard InChI is InChI=1S/C23H26N2O5S/c26-22(25-9-11-28-12-10-25)16-5-7-24(8-6-16)23(27)21-4-3-20(31-21)17-1-2-18-19(15-17)30-14-13-29-18/h1-4,15-16H,5-14H2. The number of benzene rings is 1. The molecular weight excluding hydrogens is 416 g/mol. The minimum atomic E-state index is 0.0127. The van der Waals surface area contributed by atoms with Gasteiger partial charge in [0.25, 0.3) is 5.91 Å². The van der Waals surface area contributed by atoms with Gasteiger partial charge in [-0.1, -0.05) is 0 Å². The molecule has 2 fully saturated rings. The number of piperidine rings is 1. The fraction of sp³-hybridized carbons (Fsp3) is 0.478. The summed E-state index contributed by atoms with van der Waals surface area (Å²) in [6.45, 7) is 4.95. The number of carbonyl (C=O) groups excluding carboxylic acids is 2. The Morgan fingerprint density at radius 2 is 1.58 bits per heavy atom. The van der Waals surface area contributed by atoms with E-state index < -0.39 is 0 Å². The third-order valence-corrected chi connectivity index (χ3v) is 7.22. The molecule has 1 aromatic carbocycles. The van der Waals surface area contributed by atoms with Crippen LogP contribution in [0.5, 0.6) is 11.5 Å². The molecule has 2 amide bonds. The van der Waals surface area contributed by atoms with Gasteiger partial charge in [0, 0.05) is 37.0 Å². The zero-order valence-corrected chi connectivity index (χ0v) is 18.2. The van der Waals surface area contributed by atoms with Gasteiger partial charge in [0.1, 0.15) is 13.2 Å². The van der Waals surface area contributed by atoms with E-state index in [1.807, 2.05) is 40.1 Å². The summed E-state index contributed by atoms with van der Waals surface area (Å²) in [5.74, 6) is 1.78. The van der Waals surface area contributed by atoms with Crippen molar-refractivity contribution >= 4 is 23.2 Å². The molecule has 2 saturated heterocycles. The Bertz CT molecular complexity index is 961. The van der Waals surface area contributed by atoms with Gasteiger partial charge in [0.2, 0.25) is 5.91 Å². The average Bonchev–Trinajstić information content (AvgIpc) is 3.34. The number of amides is 2. The van der Waals surface area contributed by atoms with Gasteiger partial charge in [0.15, 0.2) is 11.5 Å². The topological polar surface area (TPSA) is 68.3 Å². The lowest BCUT2D eigenvalue weighted by Crippen LogP contribution is -2.47. The summed E-state index contributed by atoms with van der Waals surface area (Å²) < 4.78 is 16.6. The van der Waals surface area contributed by atoms with Gasteiger partial charge in [-0.3, -0.25) is 9.59 Å². The third-order valence-electron chi connectivity index (χ3n) is 6.10. The summed E-state index contributed by atoms with van der Waals surface area (Å²) in [4.78, 5) is 31.3. The summed E-state index contributed by atoms with van der Waals surface area (Å²) in [7, 11) is 0. The fourth-order valence-electron chi connectivity index (χ4n) is 4.33. The number of thiophene rings is 1. The van der Waals surface area contributed by atoms with E-state index in [4.69, 9.17) is 14.2 Å². The molecule has 31 heavy (non-hydrogen) atoms. The van der Waals surface area contributed by atoms with Crippen LogP contribution in [0.15, 0.2) is 30.3 Å². The first kappa shape index (κ1) is 20.3. The minimum Gasteiger partial charge on any atom is -0.486 e. The molecule has 0 N–H and O–H groups in total. The maximum Gasteiger partial charge on any atom is 0.263 e. The van der Waals surface area contributed by atoms with Gasteiger partial charge in [-0.2, -0.15) is 0 Å². The minimum absolute atomic E-state index is 0.0127. The lowest BCUT2D eigenvalue weighted by molar-refractivity contribution is -0.141. The molecular formula is C23H26N2O5S. The first-order valence-electron chi connectivity index (χ1n) is 10.8. The van der Waals surface area contributed by atoms with Crippen molar-refractivity contribution in [3.8, 4) is 21.9 Å². The van der Waals surface area contributed by atoms with Crippen LogP contribution in [0.25, 0.3) is 10.4 Å². The molecule has 0 spiro atoms. The number of rotatable bonds is 3. The van der Waals surface area contributed by atoms with Gasteiger partial charge < -0.3 is 24.0 Å². The van der Waals surface area contributed by atoms with Gasteiger partial charge in [-0.15, -0.1) is 11.3 Å². The second-order valence-electron chi connectivity index (χ2n) is 8.03. The lowest BCUT2D eigenvalue weighted by Gasteiger charge is -2.35. The van der Waals surface area contributed by atoms with Crippen LogP contribution in [0.1, 0.15) is 22.5 Å². The monoisotopic (exact) mass is 442 g/mol. The number of morpholine rings is 1. The predicted octanol–water partition coefficient (Wildman–Crippen LogP) is 2.90. The van der Waals surface area contributed by atoms with Crippen LogP contribution in [-0.4, -0.2) is 74.2 Å². The quantitative estimate of drug-likeness (QED) is 0.731. The van der Waals surface area contributed by atoms with E-state index in [2.05, 4.69) is 0 Å². The molecule has 2 aromatic rings. The van der Waals surface area contributed by atoms with Crippen LogP contribution < -0.4 is 9.47 Å². The SMILES string of the molecule is O=C(c1ccc(-c2ccc3c(c2)OCCO3)s1)N1CCC(C(=O)N2CCOCC2)CC1. The highest BCUT2D eigenvalue weighted by atomic mass is 32.1. The molecule has 164 valence electrons. The largest absolute Gasteiger partial charge is 0.486 e. The first-order valence-corrected chi connectivity index (χ1v) is 11.7. The molecule has 0 atom stereocenters. The number of likely N-dealkylation sites (tertiary alicyclic amines) is 1. The number of carbonyl (C=O) groups is 2. The molecule has 0 saturated carbocycles. The average molecular weight is 443 g/mol. The van der Waals surface area contributed by atoms with E-state index in [0.29, 0.717) is 52.6 Å². The van der Waals surface area contributed by atoms with E-state index in [0.717, 1.165) is 39.7 Å². The van der Waals surface area contributed by atoms with Crippen LogP contribution in [-0.2, 0) is 9.53 Å². The fourth-order valence-corrected chi connectivity index (χ4v) is 5.30. The van der Waals surface area contributed by atoms with Crippen molar-refractivity contribution in [2.45, 2.75) is 12.8 Å². The van der Waals surface area contributed by atoms with Gasteiger partial charge >= 0.3 is 0 Å². The van der Waals surface area contributed by atoms with Crippen molar-refractivity contribution in [2.75, 3.05) is 52.6 Å². The molecule has 0 radical (unpaired) electrons. The Labute approximate surface area is 185 Å². The van der Waals surface area contributed by atoms with Gasteiger partial charge in [0.05, 0.1) is 18.1 Å². The Balaban J connectivity index is 1.21. The van der Waals surface area contributed by atoms with Crippen LogP contribution >= 0.6 is 11.3 Å². The Morgan fingerprint density at radius 3 is 2.35 bits per heavy atom. The van der Waals surface area contributed by atoms with Crippen molar-refractivity contribution < 1.29 is 23.8 Å². The third kappa shape index (κ3) is 4.27. The zero-order valence-electron chi connectivity index (χ0n) is 17.4. The molecule has 0 aliphatic carbocycles. The molecule has 8 heteroatoms. The van der Waals surface area contributed by atoms with Crippen LogP contribution in [0.4, 0.5) is 0 Å². The predicted molar refractivity (Wildman–Crippen MR) is 117 cm³/mol. The highest BCUT2D eigenvalue weighted by Gasteiger charge is 2.31. The summed E-state index contributed by atoms with van der Waals surface area (Å²) in [6.07, 6.45) is 1.45. The molecule has 7 nitrogen and oxygen atoms in total. The summed E-state index contributed by atoms with van der Waals surface area (Å²) in [5, 5.41) is 0. The highest BCUT2D eigenvalue weighted by molar-refractivity contribution is 7.17. The normalized spacial score (nSPS) is 19.4. The second-order valence-corrected chi connectivity index (χ2v) is 9.11. The summed E-state index contributed by atoms with van der Waals surface area (Å²) >= 11 is 1.49. The Morgan fingerprint density at radius 1 is 0.839 bits per heavy atom. The van der Waals surface area contributed by atoms with Crippen molar-refractivity contribution in [1.29, 1.82) is 0 Å². The zero-order chi connectivity index (χ0) is 21.2. The maximum atomic E-state index is 13.0. The molecule has 0 bridgehead atoms. The molecule has 5 rings (SSSR count). The molecule has 3 aliphatic heterocycles. The Kier molecular flexibility index (Phi) is 5.82. The van der Waals surface area contributed by atoms with E-state index in [-0.39, 0.29) is 17.7 Å².